The molecule has 4 nitrogen and oxygen atoms in total. The molecule has 0 radical (unpaired) electrons. The van der Waals surface area contributed by atoms with Gasteiger partial charge in [-0.05, 0) is 32.6 Å². The zero-order chi connectivity index (χ0) is 12.8. The summed E-state index contributed by atoms with van der Waals surface area (Å²) in [6, 6.07) is 0. The van der Waals surface area contributed by atoms with Crippen LogP contribution in [0.4, 0.5) is 4.79 Å². The van der Waals surface area contributed by atoms with Crippen LogP contribution in [0.1, 0.15) is 20.8 Å². The molecule has 2 aliphatic rings. The first-order chi connectivity index (χ1) is 7.83. The molecule has 1 saturated heterocycles. The van der Waals surface area contributed by atoms with Crippen molar-refractivity contribution in [3.63, 3.8) is 0 Å². The van der Waals surface area contributed by atoms with Crippen LogP contribution in [0.25, 0.3) is 0 Å². The summed E-state index contributed by atoms with van der Waals surface area (Å²) >= 11 is 3.19. The number of likely N-dealkylation sites (tertiary alicyclic amines) is 1. The van der Waals surface area contributed by atoms with Crippen LogP contribution >= 0.6 is 15.9 Å². The lowest BCUT2D eigenvalue weighted by Gasteiger charge is -2.25. The highest BCUT2D eigenvalue weighted by atomic mass is 79.9. The van der Waals surface area contributed by atoms with Gasteiger partial charge in [0.1, 0.15) is 11.4 Å². The van der Waals surface area contributed by atoms with E-state index in [4.69, 9.17) is 4.74 Å². The van der Waals surface area contributed by atoms with E-state index in [1.165, 1.54) is 0 Å². The van der Waals surface area contributed by atoms with Crippen molar-refractivity contribution in [3.8, 4) is 0 Å². The molecule has 17 heavy (non-hydrogen) atoms. The number of amides is 1. The molecule has 2 atom stereocenters. The average molecular weight is 304 g/mol. The van der Waals surface area contributed by atoms with E-state index < -0.39 is 5.60 Å². The van der Waals surface area contributed by atoms with Gasteiger partial charge in [0, 0.05) is 19.0 Å². The highest BCUT2D eigenvalue weighted by Crippen LogP contribution is 2.52. The number of nitrogens with zero attached hydrogens (tertiary/aromatic N) is 1. The highest BCUT2D eigenvalue weighted by Gasteiger charge is 2.59. The minimum absolute atomic E-state index is 0.174. The SMILES string of the molecule is CC(C)(C)OC(=O)N1C[C@@H]2C(C(=O)CBr)[C@H]2C1. The van der Waals surface area contributed by atoms with Gasteiger partial charge >= 0.3 is 6.09 Å². The van der Waals surface area contributed by atoms with Crippen LogP contribution in [-0.4, -0.2) is 40.8 Å². The quantitative estimate of drug-likeness (QED) is 0.734. The number of carbonyl (C=O) groups is 2. The summed E-state index contributed by atoms with van der Waals surface area (Å²) in [6.45, 7) is 6.92. The van der Waals surface area contributed by atoms with Crippen LogP contribution in [0.3, 0.4) is 0 Å². The number of ether oxygens (including phenoxy) is 1. The number of hydrogen-bond acceptors (Lipinski definition) is 3. The van der Waals surface area contributed by atoms with Crippen LogP contribution in [0.5, 0.6) is 0 Å². The molecule has 1 heterocycles. The summed E-state index contributed by atoms with van der Waals surface area (Å²) in [5.41, 5.74) is -0.449. The van der Waals surface area contributed by atoms with Gasteiger partial charge < -0.3 is 9.64 Å². The zero-order valence-electron chi connectivity index (χ0n) is 10.4. The van der Waals surface area contributed by atoms with Gasteiger partial charge in [0.05, 0.1) is 5.33 Å². The summed E-state index contributed by atoms with van der Waals surface area (Å²) < 4.78 is 5.31. The Morgan fingerprint density at radius 2 is 1.82 bits per heavy atom. The summed E-state index contributed by atoms with van der Waals surface area (Å²) in [4.78, 5) is 25.0. The molecular weight excluding hydrogens is 286 g/mol. The third-order valence-corrected chi connectivity index (χ3v) is 3.90. The standard InChI is InChI=1S/C12H18BrNO3/c1-12(2,3)17-11(16)14-5-7-8(6-14)10(7)9(15)4-13/h7-8,10H,4-6H2,1-3H3/t7-,8-/m0/s1. The number of Topliss-reactive ketones (excluding diaryl/α,β-unsaturated/α-hetero) is 1. The van der Waals surface area contributed by atoms with Gasteiger partial charge in [0.15, 0.2) is 0 Å². The number of ketones is 1. The Balaban J connectivity index is 1.83. The molecule has 1 aliphatic carbocycles. The van der Waals surface area contributed by atoms with Gasteiger partial charge in [-0.1, -0.05) is 15.9 Å². The topological polar surface area (TPSA) is 46.6 Å². The second kappa shape index (κ2) is 4.26. The Morgan fingerprint density at radius 1 is 1.29 bits per heavy atom. The minimum Gasteiger partial charge on any atom is -0.444 e. The number of alkyl halides is 1. The first kappa shape index (κ1) is 12.9. The number of carbonyl (C=O) groups excluding carboxylic acids is 2. The molecule has 0 aromatic carbocycles. The van der Waals surface area contributed by atoms with Gasteiger partial charge in [0.2, 0.25) is 0 Å². The highest BCUT2D eigenvalue weighted by molar-refractivity contribution is 9.09. The fourth-order valence-electron chi connectivity index (χ4n) is 2.57. The predicted octanol–water partition coefficient (Wildman–Crippen LogP) is 2.06. The van der Waals surface area contributed by atoms with E-state index >= 15 is 0 Å². The molecule has 0 N–H and O–H groups in total. The largest absolute Gasteiger partial charge is 0.444 e. The van der Waals surface area contributed by atoms with E-state index in [1.54, 1.807) is 4.90 Å². The minimum atomic E-state index is -0.449. The Labute approximate surface area is 110 Å². The summed E-state index contributed by atoms with van der Waals surface area (Å²) in [5, 5.41) is 0.428. The molecule has 0 spiro atoms. The average Bonchev–Trinajstić information content (AvgIpc) is 2.69. The smallest absolute Gasteiger partial charge is 0.410 e. The maximum Gasteiger partial charge on any atom is 0.410 e. The van der Waals surface area contributed by atoms with Gasteiger partial charge in [-0.2, -0.15) is 0 Å². The van der Waals surface area contributed by atoms with Crippen LogP contribution in [0.2, 0.25) is 0 Å². The Bertz CT molecular complexity index is 338. The predicted molar refractivity (Wildman–Crippen MR) is 67.1 cm³/mol. The molecule has 0 aromatic heterocycles. The lowest BCUT2D eigenvalue weighted by Crippen LogP contribution is -2.37. The third-order valence-electron chi connectivity index (χ3n) is 3.35. The Hall–Kier alpha value is -0.580. The van der Waals surface area contributed by atoms with Gasteiger partial charge in [0.25, 0.3) is 0 Å². The zero-order valence-corrected chi connectivity index (χ0v) is 12.0. The lowest BCUT2D eigenvalue weighted by molar-refractivity contribution is -0.118. The normalized spacial score (nSPS) is 31.1. The summed E-state index contributed by atoms with van der Waals surface area (Å²) in [7, 11) is 0. The molecule has 2 rings (SSSR count). The van der Waals surface area contributed by atoms with Crippen molar-refractivity contribution in [2.24, 2.45) is 17.8 Å². The van der Waals surface area contributed by atoms with E-state index in [9.17, 15) is 9.59 Å². The molecule has 5 heteroatoms. The maximum absolute atomic E-state index is 11.8. The fourth-order valence-corrected chi connectivity index (χ4v) is 2.94. The molecule has 0 bridgehead atoms. The van der Waals surface area contributed by atoms with E-state index in [0.717, 1.165) is 0 Å². The van der Waals surface area contributed by atoms with Crippen LogP contribution in [0, 0.1) is 17.8 Å². The summed E-state index contributed by atoms with van der Waals surface area (Å²) in [6.07, 6.45) is -0.255. The van der Waals surface area contributed by atoms with Crippen molar-refractivity contribution >= 4 is 27.8 Å². The number of rotatable bonds is 2. The molecule has 0 unspecified atom stereocenters. The van der Waals surface area contributed by atoms with E-state index in [-0.39, 0.29) is 17.8 Å². The van der Waals surface area contributed by atoms with Gasteiger partial charge in [-0.15, -0.1) is 0 Å². The van der Waals surface area contributed by atoms with Gasteiger partial charge in [-0.25, -0.2) is 4.79 Å². The Kier molecular flexibility index (Phi) is 3.23. The first-order valence-corrected chi connectivity index (χ1v) is 7.02. The summed E-state index contributed by atoms with van der Waals surface area (Å²) in [5.74, 6) is 1.18. The second-order valence-electron chi connectivity index (χ2n) is 5.84. The number of halogens is 1. The van der Waals surface area contributed by atoms with Crippen LogP contribution in [-0.2, 0) is 9.53 Å². The van der Waals surface area contributed by atoms with E-state index in [2.05, 4.69) is 15.9 Å². The number of piperidine rings is 1. The van der Waals surface area contributed by atoms with Crippen LogP contribution in [0.15, 0.2) is 0 Å². The molecule has 1 saturated carbocycles. The van der Waals surface area contributed by atoms with Crippen molar-refractivity contribution in [3.05, 3.63) is 0 Å². The van der Waals surface area contributed by atoms with Crippen LogP contribution < -0.4 is 0 Å². The van der Waals surface area contributed by atoms with Crippen molar-refractivity contribution in [2.45, 2.75) is 26.4 Å². The fraction of sp³-hybridized carbons (Fsp3) is 0.833. The van der Waals surface area contributed by atoms with Crippen molar-refractivity contribution in [1.29, 1.82) is 0 Å². The maximum atomic E-state index is 11.8. The van der Waals surface area contributed by atoms with Gasteiger partial charge in [-0.3, -0.25) is 4.79 Å². The van der Waals surface area contributed by atoms with Crippen molar-refractivity contribution < 1.29 is 14.3 Å². The molecule has 1 aliphatic heterocycles. The molecule has 2 fully saturated rings. The third kappa shape index (κ3) is 2.64. The van der Waals surface area contributed by atoms with Crippen molar-refractivity contribution in [1.82, 2.24) is 4.90 Å². The molecule has 0 aromatic rings. The first-order valence-electron chi connectivity index (χ1n) is 5.90. The van der Waals surface area contributed by atoms with Crippen molar-refractivity contribution in [2.75, 3.05) is 18.4 Å². The number of hydrogen-bond donors (Lipinski definition) is 0. The lowest BCUT2D eigenvalue weighted by atomic mass is 10.2. The number of fused-ring (bicyclic) bond motifs is 1. The second-order valence-corrected chi connectivity index (χ2v) is 6.40. The molecule has 96 valence electrons. The van der Waals surface area contributed by atoms with E-state index in [1.807, 2.05) is 20.8 Å². The Morgan fingerprint density at radius 3 is 2.24 bits per heavy atom. The monoisotopic (exact) mass is 303 g/mol. The molecule has 1 amide bonds. The van der Waals surface area contributed by atoms with E-state index in [0.29, 0.717) is 30.3 Å². The molecular formula is C12H18BrNO3.